The molecule has 140 valence electrons. The molecule has 0 amide bonds. The third-order valence-corrected chi connectivity index (χ3v) is 5.73. The van der Waals surface area contributed by atoms with Crippen molar-refractivity contribution in [3.63, 3.8) is 0 Å². The summed E-state index contributed by atoms with van der Waals surface area (Å²) in [5, 5.41) is 0.199. The van der Waals surface area contributed by atoms with E-state index in [0.717, 1.165) is 0 Å². The molecule has 0 aliphatic rings. The predicted octanol–water partition coefficient (Wildman–Crippen LogP) is 3.75. The van der Waals surface area contributed by atoms with Crippen LogP contribution in [-0.2, 0) is 10.0 Å². The van der Waals surface area contributed by atoms with Crippen molar-refractivity contribution in [3.05, 3.63) is 54.1 Å². The monoisotopic (exact) mass is 397 g/mol. The Morgan fingerprint density at radius 1 is 1.04 bits per heavy atom. The molecule has 6 nitrogen and oxygen atoms in total. The minimum absolute atomic E-state index is 0.0232. The number of rotatable bonds is 8. The van der Waals surface area contributed by atoms with Gasteiger partial charge >= 0.3 is 0 Å². The fourth-order valence-corrected chi connectivity index (χ4v) is 4.16. The van der Waals surface area contributed by atoms with Crippen LogP contribution in [0.25, 0.3) is 0 Å². The minimum atomic E-state index is -3.93. The predicted molar refractivity (Wildman–Crippen MR) is 102 cm³/mol. The summed E-state index contributed by atoms with van der Waals surface area (Å²) in [6.07, 6.45) is 1.49. The Bertz CT molecular complexity index is 898. The average Bonchev–Trinajstić information content (AvgIpc) is 2.65. The van der Waals surface area contributed by atoms with E-state index in [4.69, 9.17) is 25.8 Å². The van der Waals surface area contributed by atoms with Crippen LogP contribution in [0.15, 0.2) is 53.9 Å². The number of benzene rings is 2. The smallest absolute Gasteiger partial charge is 0.264 e. The second-order valence-electron chi connectivity index (χ2n) is 5.16. The topological polar surface area (TPSA) is 65.1 Å². The molecule has 0 bridgehead atoms. The molecule has 0 spiro atoms. The highest BCUT2D eigenvalue weighted by Gasteiger charge is 2.27. The second-order valence-corrected chi connectivity index (χ2v) is 7.43. The van der Waals surface area contributed by atoms with E-state index in [1.165, 1.54) is 49.9 Å². The first-order valence-corrected chi connectivity index (χ1v) is 9.40. The molecule has 2 rings (SSSR count). The fourth-order valence-electron chi connectivity index (χ4n) is 2.37. The molecule has 0 radical (unpaired) electrons. The van der Waals surface area contributed by atoms with Gasteiger partial charge in [-0.1, -0.05) is 17.7 Å². The van der Waals surface area contributed by atoms with Crippen LogP contribution in [0.1, 0.15) is 0 Å². The van der Waals surface area contributed by atoms with Gasteiger partial charge in [-0.05, 0) is 30.3 Å². The highest BCUT2D eigenvalue weighted by atomic mass is 35.5. The van der Waals surface area contributed by atoms with Gasteiger partial charge < -0.3 is 14.2 Å². The highest BCUT2D eigenvalue weighted by Crippen LogP contribution is 2.36. The maximum absolute atomic E-state index is 13.2. The Balaban J connectivity index is 2.62. The van der Waals surface area contributed by atoms with Gasteiger partial charge in [0.05, 0.1) is 43.5 Å². The van der Waals surface area contributed by atoms with Crippen molar-refractivity contribution in [3.8, 4) is 17.2 Å². The zero-order chi connectivity index (χ0) is 19.3. The normalized spacial score (nSPS) is 10.9. The molecule has 0 aromatic heterocycles. The summed E-state index contributed by atoms with van der Waals surface area (Å²) in [5.74, 6) is 1.27. The van der Waals surface area contributed by atoms with Crippen molar-refractivity contribution in [2.45, 2.75) is 4.90 Å². The molecular weight excluding hydrogens is 378 g/mol. The molecular formula is C18H20ClNO5S. The fraction of sp³-hybridized carbons (Fsp3) is 0.222. The average molecular weight is 398 g/mol. The molecule has 0 fully saturated rings. The van der Waals surface area contributed by atoms with E-state index < -0.39 is 10.0 Å². The number of hydrogen-bond donors (Lipinski definition) is 0. The lowest BCUT2D eigenvalue weighted by atomic mass is 10.2. The number of methoxy groups -OCH3 is 3. The summed E-state index contributed by atoms with van der Waals surface area (Å²) in [6, 6.07) is 9.20. The van der Waals surface area contributed by atoms with Gasteiger partial charge in [0.25, 0.3) is 10.0 Å². The van der Waals surface area contributed by atoms with Crippen molar-refractivity contribution >= 4 is 27.3 Å². The van der Waals surface area contributed by atoms with Crippen LogP contribution in [0.2, 0.25) is 5.02 Å². The van der Waals surface area contributed by atoms with E-state index in [1.54, 1.807) is 18.2 Å². The molecule has 0 saturated heterocycles. The molecule has 0 N–H and O–H groups in total. The van der Waals surface area contributed by atoms with Gasteiger partial charge in [-0.25, -0.2) is 8.42 Å². The third-order valence-electron chi connectivity index (χ3n) is 3.66. The first-order chi connectivity index (χ1) is 12.4. The van der Waals surface area contributed by atoms with Crippen LogP contribution >= 0.6 is 11.6 Å². The van der Waals surface area contributed by atoms with Crippen LogP contribution < -0.4 is 18.5 Å². The molecule has 0 aliphatic heterocycles. The van der Waals surface area contributed by atoms with Crippen LogP contribution in [0, 0.1) is 0 Å². The number of nitrogens with zero attached hydrogens (tertiary/aromatic N) is 1. The van der Waals surface area contributed by atoms with Gasteiger partial charge in [-0.15, -0.1) is 6.58 Å². The van der Waals surface area contributed by atoms with Gasteiger partial charge in [0, 0.05) is 6.07 Å². The van der Waals surface area contributed by atoms with Crippen molar-refractivity contribution < 1.29 is 22.6 Å². The molecule has 26 heavy (non-hydrogen) atoms. The summed E-state index contributed by atoms with van der Waals surface area (Å²) in [7, 11) is 0.492. The Kier molecular flexibility index (Phi) is 6.39. The molecule has 0 saturated carbocycles. The first kappa shape index (κ1) is 19.9. The Hall–Kier alpha value is -2.38. The maximum Gasteiger partial charge on any atom is 0.264 e. The summed E-state index contributed by atoms with van der Waals surface area (Å²) >= 11 is 6.10. The Labute approximate surface area is 158 Å². The lowest BCUT2D eigenvalue weighted by Gasteiger charge is -2.25. The maximum atomic E-state index is 13.2. The minimum Gasteiger partial charge on any atom is -0.497 e. The van der Waals surface area contributed by atoms with E-state index in [0.29, 0.717) is 22.9 Å². The molecule has 0 atom stereocenters. The molecule has 0 unspecified atom stereocenters. The van der Waals surface area contributed by atoms with Gasteiger partial charge in [-0.2, -0.15) is 0 Å². The van der Waals surface area contributed by atoms with Crippen molar-refractivity contribution in [1.29, 1.82) is 0 Å². The molecule has 8 heteroatoms. The van der Waals surface area contributed by atoms with Crippen molar-refractivity contribution in [1.82, 2.24) is 0 Å². The number of hydrogen-bond acceptors (Lipinski definition) is 5. The summed E-state index contributed by atoms with van der Waals surface area (Å²) in [6.45, 7) is 3.69. The quantitative estimate of drug-likeness (QED) is 0.635. The molecule has 2 aromatic carbocycles. The standard InChI is InChI=1S/C18H20ClNO5S/c1-5-10-20(16-11-13(23-2)6-8-18(16)25-4)26(21,22)14-7-9-17(24-3)15(19)12-14/h5-9,11-12H,1,10H2,2-4H3. The number of halogens is 1. The lowest BCUT2D eigenvalue weighted by molar-refractivity contribution is 0.404. The summed E-state index contributed by atoms with van der Waals surface area (Å²) < 4.78 is 43.2. The number of ether oxygens (including phenoxy) is 3. The largest absolute Gasteiger partial charge is 0.497 e. The van der Waals surface area contributed by atoms with Crippen molar-refractivity contribution in [2.75, 3.05) is 32.2 Å². The summed E-state index contributed by atoms with van der Waals surface area (Å²) in [4.78, 5) is 0.0232. The highest BCUT2D eigenvalue weighted by molar-refractivity contribution is 7.92. The molecule has 2 aromatic rings. The van der Waals surface area contributed by atoms with Gasteiger partial charge in [0.2, 0.25) is 0 Å². The number of sulfonamides is 1. The van der Waals surface area contributed by atoms with Crippen molar-refractivity contribution in [2.24, 2.45) is 0 Å². The van der Waals surface area contributed by atoms with E-state index in [1.807, 2.05) is 0 Å². The SMILES string of the molecule is C=CCN(c1cc(OC)ccc1OC)S(=O)(=O)c1ccc(OC)c(Cl)c1. The van der Waals surface area contributed by atoms with E-state index >= 15 is 0 Å². The van der Waals surface area contributed by atoms with Crippen LogP contribution in [0.5, 0.6) is 17.2 Å². The van der Waals surface area contributed by atoms with Crippen LogP contribution in [0.3, 0.4) is 0 Å². The van der Waals surface area contributed by atoms with Crippen LogP contribution in [0.4, 0.5) is 5.69 Å². The second kappa shape index (κ2) is 8.33. The van der Waals surface area contributed by atoms with Gasteiger partial charge in [-0.3, -0.25) is 4.31 Å². The van der Waals surface area contributed by atoms with E-state index in [9.17, 15) is 8.42 Å². The Morgan fingerprint density at radius 3 is 2.23 bits per heavy atom. The zero-order valence-electron chi connectivity index (χ0n) is 14.7. The van der Waals surface area contributed by atoms with E-state index in [2.05, 4.69) is 6.58 Å². The van der Waals surface area contributed by atoms with Gasteiger partial charge in [0.15, 0.2) is 0 Å². The zero-order valence-corrected chi connectivity index (χ0v) is 16.3. The van der Waals surface area contributed by atoms with Gasteiger partial charge in [0.1, 0.15) is 17.2 Å². The third kappa shape index (κ3) is 3.89. The number of anilines is 1. The lowest BCUT2D eigenvalue weighted by Crippen LogP contribution is -2.31. The molecule has 0 aliphatic carbocycles. The van der Waals surface area contributed by atoms with Crippen LogP contribution in [-0.4, -0.2) is 36.3 Å². The Morgan fingerprint density at radius 2 is 1.69 bits per heavy atom. The summed E-state index contributed by atoms with van der Waals surface area (Å²) in [5.41, 5.74) is 0.332. The van der Waals surface area contributed by atoms with E-state index in [-0.39, 0.29) is 16.5 Å². The molecule has 0 heterocycles. The first-order valence-electron chi connectivity index (χ1n) is 7.58.